The lowest BCUT2D eigenvalue weighted by Gasteiger charge is -2.26. The Kier molecular flexibility index (Phi) is 6.13. The first-order valence-electron chi connectivity index (χ1n) is 10.4. The molecule has 4 rings (SSSR count). The summed E-state index contributed by atoms with van der Waals surface area (Å²) in [5, 5.41) is 5.04. The van der Waals surface area contributed by atoms with E-state index in [0.29, 0.717) is 0 Å². The van der Waals surface area contributed by atoms with Gasteiger partial charge in [-0.3, -0.25) is 4.79 Å². The molecule has 1 aromatic heterocycles. The average molecular weight is 396 g/mol. The van der Waals surface area contributed by atoms with E-state index in [1.165, 1.54) is 50.2 Å². The normalized spacial score (nSPS) is 17.3. The molecule has 0 saturated carbocycles. The van der Waals surface area contributed by atoms with Gasteiger partial charge in [-0.2, -0.15) is 0 Å². The summed E-state index contributed by atoms with van der Waals surface area (Å²) >= 11 is 1.64. The molecule has 0 atom stereocenters. The molecule has 3 heterocycles. The number of amides is 1. The molecule has 1 aromatic carbocycles. The topological polar surface area (TPSA) is 35.6 Å². The maximum absolute atomic E-state index is 12.6. The Morgan fingerprint density at radius 2 is 1.96 bits per heavy atom. The number of fused-ring (bicyclic) bond motifs is 2. The molecule has 0 unspecified atom stereocenters. The SMILES string of the molecule is Cc1scc2c1N(CC=CCCCN1CCCCC1)c1ccccc1NC2=O. The summed E-state index contributed by atoms with van der Waals surface area (Å²) in [6, 6.07) is 8.07. The summed E-state index contributed by atoms with van der Waals surface area (Å²) < 4.78 is 0. The first-order chi connectivity index (χ1) is 13.7. The highest BCUT2D eigenvalue weighted by Gasteiger charge is 2.27. The number of nitrogens with one attached hydrogen (secondary N) is 1. The number of carbonyl (C=O) groups is 1. The number of para-hydroxylation sites is 2. The number of hydrogen-bond acceptors (Lipinski definition) is 4. The van der Waals surface area contributed by atoms with Gasteiger partial charge in [0.15, 0.2) is 0 Å². The van der Waals surface area contributed by atoms with Crippen LogP contribution in [0.3, 0.4) is 0 Å². The van der Waals surface area contributed by atoms with Crippen molar-refractivity contribution in [3.8, 4) is 0 Å². The Labute approximate surface area is 171 Å². The van der Waals surface area contributed by atoms with Gasteiger partial charge in [-0.05, 0) is 64.4 Å². The van der Waals surface area contributed by atoms with Gasteiger partial charge in [0.05, 0.1) is 22.6 Å². The highest BCUT2D eigenvalue weighted by Crippen LogP contribution is 2.41. The van der Waals surface area contributed by atoms with Crippen LogP contribution in [0.15, 0.2) is 41.8 Å². The minimum atomic E-state index is -0.0141. The lowest BCUT2D eigenvalue weighted by atomic mass is 10.1. The molecule has 4 nitrogen and oxygen atoms in total. The number of allylic oxidation sites excluding steroid dienone is 1. The zero-order valence-electron chi connectivity index (χ0n) is 16.6. The quantitative estimate of drug-likeness (QED) is 0.512. The van der Waals surface area contributed by atoms with Crippen molar-refractivity contribution in [3.63, 3.8) is 0 Å². The first kappa shape index (κ1) is 19.2. The van der Waals surface area contributed by atoms with Gasteiger partial charge < -0.3 is 15.1 Å². The Morgan fingerprint density at radius 3 is 2.82 bits per heavy atom. The lowest BCUT2D eigenvalue weighted by Crippen LogP contribution is -2.30. The molecule has 1 fully saturated rings. The maximum Gasteiger partial charge on any atom is 0.258 e. The molecule has 0 aliphatic carbocycles. The van der Waals surface area contributed by atoms with Crippen LogP contribution in [0.25, 0.3) is 0 Å². The highest BCUT2D eigenvalue weighted by atomic mass is 32.1. The van der Waals surface area contributed by atoms with E-state index < -0.39 is 0 Å². The second-order valence-corrected chi connectivity index (χ2v) is 8.74. The third-order valence-electron chi connectivity index (χ3n) is 5.65. The number of carbonyl (C=O) groups excluding carboxylic acids is 1. The van der Waals surface area contributed by atoms with E-state index in [-0.39, 0.29) is 5.91 Å². The number of anilines is 3. The van der Waals surface area contributed by atoms with Crippen LogP contribution in [0.2, 0.25) is 0 Å². The molecule has 5 heteroatoms. The van der Waals surface area contributed by atoms with E-state index in [1.54, 1.807) is 11.3 Å². The number of hydrogen-bond donors (Lipinski definition) is 1. The number of nitrogens with zero attached hydrogens (tertiary/aromatic N) is 2. The van der Waals surface area contributed by atoms with Crippen LogP contribution < -0.4 is 10.2 Å². The van der Waals surface area contributed by atoms with Crippen molar-refractivity contribution >= 4 is 34.3 Å². The zero-order valence-corrected chi connectivity index (χ0v) is 17.4. The zero-order chi connectivity index (χ0) is 19.3. The second kappa shape index (κ2) is 8.93. The van der Waals surface area contributed by atoms with Crippen molar-refractivity contribution in [1.82, 2.24) is 4.90 Å². The number of thiophene rings is 1. The van der Waals surface area contributed by atoms with Crippen molar-refractivity contribution < 1.29 is 4.79 Å². The fourth-order valence-corrected chi connectivity index (χ4v) is 5.02. The summed E-state index contributed by atoms with van der Waals surface area (Å²) in [5.41, 5.74) is 3.77. The number of rotatable bonds is 6. The molecule has 148 valence electrons. The van der Waals surface area contributed by atoms with Crippen LogP contribution in [0, 0.1) is 6.92 Å². The third-order valence-corrected chi connectivity index (χ3v) is 6.55. The number of aryl methyl sites for hydroxylation is 1. The van der Waals surface area contributed by atoms with Gasteiger partial charge in [0, 0.05) is 16.8 Å². The van der Waals surface area contributed by atoms with Crippen LogP contribution >= 0.6 is 11.3 Å². The van der Waals surface area contributed by atoms with Gasteiger partial charge in [-0.1, -0.05) is 30.7 Å². The van der Waals surface area contributed by atoms with Crippen LogP contribution in [-0.2, 0) is 0 Å². The predicted molar refractivity (Wildman–Crippen MR) is 119 cm³/mol. The molecule has 1 amide bonds. The molecule has 2 aliphatic rings. The molecule has 1 saturated heterocycles. The van der Waals surface area contributed by atoms with Crippen molar-refractivity contribution in [1.29, 1.82) is 0 Å². The lowest BCUT2D eigenvalue weighted by molar-refractivity contribution is 0.102. The molecule has 2 aromatic rings. The molecule has 0 bridgehead atoms. The fraction of sp³-hybridized carbons (Fsp3) is 0.435. The minimum absolute atomic E-state index is 0.0141. The third kappa shape index (κ3) is 4.15. The summed E-state index contributed by atoms with van der Waals surface area (Å²) in [6.45, 7) is 6.63. The Balaban J connectivity index is 1.44. The smallest absolute Gasteiger partial charge is 0.258 e. The molecule has 0 spiro atoms. The Hall–Kier alpha value is -2.11. The van der Waals surface area contributed by atoms with E-state index in [9.17, 15) is 4.79 Å². The number of likely N-dealkylation sites (tertiary alicyclic amines) is 1. The van der Waals surface area contributed by atoms with Crippen molar-refractivity contribution in [3.05, 3.63) is 52.2 Å². The maximum atomic E-state index is 12.6. The van der Waals surface area contributed by atoms with Crippen LogP contribution in [0.4, 0.5) is 17.1 Å². The number of unbranched alkanes of at least 4 members (excludes halogenated alkanes) is 1. The van der Waals surface area contributed by atoms with Gasteiger partial charge in [0.25, 0.3) is 5.91 Å². The Morgan fingerprint density at radius 1 is 1.14 bits per heavy atom. The molecule has 28 heavy (non-hydrogen) atoms. The van der Waals surface area contributed by atoms with Gasteiger partial charge >= 0.3 is 0 Å². The molecular formula is C23H29N3OS. The standard InChI is InChI=1S/C23H29N3OS/c1-18-22-19(17-28-18)23(27)24-20-11-5-6-12-21(20)26(22)16-10-3-2-7-13-25-14-8-4-9-15-25/h3,5-6,10-12,17H,2,4,7-9,13-16H2,1H3,(H,24,27). The van der Waals surface area contributed by atoms with Crippen LogP contribution in [-0.4, -0.2) is 37.0 Å². The fourth-order valence-electron chi connectivity index (χ4n) is 4.17. The predicted octanol–water partition coefficient (Wildman–Crippen LogP) is 5.58. The Bertz CT molecular complexity index is 851. The summed E-state index contributed by atoms with van der Waals surface area (Å²) in [7, 11) is 0. The molecule has 1 N–H and O–H groups in total. The second-order valence-electron chi connectivity index (χ2n) is 7.65. The summed E-state index contributed by atoms with van der Waals surface area (Å²) in [4.78, 5) is 18.7. The summed E-state index contributed by atoms with van der Waals surface area (Å²) in [5.74, 6) is -0.0141. The first-order valence-corrected chi connectivity index (χ1v) is 11.3. The van der Waals surface area contributed by atoms with E-state index in [2.05, 4.69) is 40.3 Å². The van der Waals surface area contributed by atoms with Crippen LogP contribution in [0.5, 0.6) is 0 Å². The van der Waals surface area contributed by atoms with Crippen molar-refractivity contribution in [2.45, 2.75) is 39.0 Å². The average Bonchev–Trinajstić information content (AvgIpc) is 3.05. The van der Waals surface area contributed by atoms with Crippen LogP contribution in [0.1, 0.15) is 47.3 Å². The highest BCUT2D eigenvalue weighted by molar-refractivity contribution is 7.10. The number of piperidine rings is 1. The largest absolute Gasteiger partial charge is 0.334 e. The monoisotopic (exact) mass is 395 g/mol. The van der Waals surface area contributed by atoms with E-state index in [0.717, 1.165) is 35.6 Å². The van der Waals surface area contributed by atoms with E-state index in [4.69, 9.17) is 0 Å². The molecular weight excluding hydrogens is 366 g/mol. The van der Waals surface area contributed by atoms with Gasteiger partial charge in [0.2, 0.25) is 0 Å². The van der Waals surface area contributed by atoms with Gasteiger partial charge in [-0.15, -0.1) is 11.3 Å². The summed E-state index contributed by atoms with van der Waals surface area (Å²) in [6.07, 6.45) is 11.0. The van der Waals surface area contributed by atoms with Gasteiger partial charge in [0.1, 0.15) is 0 Å². The number of benzene rings is 1. The van der Waals surface area contributed by atoms with E-state index >= 15 is 0 Å². The minimum Gasteiger partial charge on any atom is -0.334 e. The molecule has 2 aliphatic heterocycles. The van der Waals surface area contributed by atoms with Crippen molar-refractivity contribution in [2.24, 2.45) is 0 Å². The van der Waals surface area contributed by atoms with E-state index in [1.807, 2.05) is 23.6 Å². The van der Waals surface area contributed by atoms with Gasteiger partial charge in [-0.25, -0.2) is 0 Å². The molecule has 0 radical (unpaired) electrons. The van der Waals surface area contributed by atoms with Crippen molar-refractivity contribution in [2.75, 3.05) is 36.4 Å².